The Morgan fingerprint density at radius 1 is 0.500 bits per heavy atom. The van der Waals surface area contributed by atoms with E-state index in [1.165, 1.54) is 47.2 Å². The Labute approximate surface area is 270 Å². The number of hydrogen-bond donors (Lipinski definition) is 0. The zero-order chi connectivity index (χ0) is 31.0. The van der Waals surface area contributed by atoms with Crippen molar-refractivity contribution in [1.82, 2.24) is 9.80 Å². The lowest BCUT2D eigenvalue weighted by atomic mass is 9.99. The van der Waals surface area contributed by atoms with Gasteiger partial charge in [-0.15, -0.1) is 0 Å². The average Bonchev–Trinajstić information content (AvgIpc) is 3.63. The molecule has 2 saturated heterocycles. The van der Waals surface area contributed by atoms with Crippen molar-refractivity contribution in [3.63, 3.8) is 0 Å². The van der Waals surface area contributed by atoms with Gasteiger partial charge in [0.1, 0.15) is 11.5 Å². The lowest BCUT2D eigenvalue weighted by molar-refractivity contribution is -0.131. The van der Waals surface area contributed by atoms with Gasteiger partial charge in [-0.05, 0) is 97.4 Å². The highest BCUT2D eigenvalue weighted by Crippen LogP contribution is 2.52. The summed E-state index contributed by atoms with van der Waals surface area (Å²) in [5, 5.41) is 0. The van der Waals surface area contributed by atoms with Crippen LogP contribution in [-0.2, 0) is 9.59 Å². The van der Waals surface area contributed by atoms with Crippen molar-refractivity contribution < 1.29 is 19.1 Å². The maximum atomic E-state index is 13.2. The second kappa shape index (κ2) is 12.3. The summed E-state index contributed by atoms with van der Waals surface area (Å²) in [4.78, 5) is 31.4. The summed E-state index contributed by atoms with van der Waals surface area (Å²) in [6.45, 7) is 4.05. The molecule has 2 heterocycles. The molecule has 2 aliphatic heterocycles. The van der Waals surface area contributed by atoms with Crippen LogP contribution in [0.25, 0.3) is 22.3 Å². The highest BCUT2D eigenvalue weighted by atomic mass is 16.5. The number of fused-ring (bicyclic) bond motifs is 6. The van der Waals surface area contributed by atoms with Crippen LogP contribution in [0.15, 0.2) is 97.1 Å². The fraction of sp³-hybridized carbons (Fsp3) is 0.300. The van der Waals surface area contributed by atoms with Crippen molar-refractivity contribution in [2.24, 2.45) is 0 Å². The summed E-state index contributed by atoms with van der Waals surface area (Å²) in [6.07, 6.45) is 9.50. The SMILES string of the molecule is O=C(/C=C/C(=O)Oc1cccc2c1C(N1CCCCC1)c1ccccc1-2)Oc1cccc2c1C(N1CCCCC1)c1ccccc1-2. The molecule has 4 aromatic rings. The van der Waals surface area contributed by atoms with Gasteiger partial charge in [0.25, 0.3) is 0 Å². The van der Waals surface area contributed by atoms with E-state index in [0.717, 1.165) is 74.1 Å². The number of likely N-dealkylation sites (tertiary alicyclic amines) is 2. The Morgan fingerprint density at radius 3 is 1.33 bits per heavy atom. The van der Waals surface area contributed by atoms with Crippen molar-refractivity contribution in [1.29, 1.82) is 0 Å². The monoisotopic (exact) mass is 610 g/mol. The number of hydrogen-bond acceptors (Lipinski definition) is 6. The van der Waals surface area contributed by atoms with Gasteiger partial charge in [0.15, 0.2) is 0 Å². The van der Waals surface area contributed by atoms with E-state index in [-0.39, 0.29) is 12.1 Å². The molecule has 8 rings (SSSR count). The van der Waals surface area contributed by atoms with E-state index in [4.69, 9.17) is 9.47 Å². The van der Waals surface area contributed by atoms with Gasteiger partial charge < -0.3 is 9.47 Å². The van der Waals surface area contributed by atoms with Crippen LogP contribution in [0.2, 0.25) is 0 Å². The fourth-order valence-electron chi connectivity index (χ4n) is 8.10. The van der Waals surface area contributed by atoms with Crippen molar-refractivity contribution in [2.75, 3.05) is 26.2 Å². The number of nitrogens with zero attached hydrogens (tertiary/aromatic N) is 2. The van der Waals surface area contributed by atoms with Crippen molar-refractivity contribution in [2.45, 2.75) is 50.6 Å². The van der Waals surface area contributed by atoms with Crippen molar-refractivity contribution in [3.05, 3.63) is 119 Å². The molecule has 46 heavy (non-hydrogen) atoms. The number of esters is 2. The first-order valence-electron chi connectivity index (χ1n) is 16.7. The minimum Gasteiger partial charge on any atom is -0.423 e. The van der Waals surface area contributed by atoms with E-state index in [0.29, 0.717) is 11.5 Å². The van der Waals surface area contributed by atoms with E-state index in [1.807, 2.05) is 24.3 Å². The molecule has 4 aliphatic rings. The summed E-state index contributed by atoms with van der Waals surface area (Å²) in [5.41, 5.74) is 9.13. The molecular weight excluding hydrogens is 572 g/mol. The molecule has 0 amide bonds. The third-order valence-corrected chi connectivity index (χ3v) is 10.1. The van der Waals surface area contributed by atoms with Crippen LogP contribution in [-0.4, -0.2) is 47.9 Å². The lowest BCUT2D eigenvalue weighted by Gasteiger charge is -2.34. The first kappa shape index (κ1) is 28.9. The molecule has 2 unspecified atom stereocenters. The van der Waals surface area contributed by atoms with Crippen LogP contribution in [0.4, 0.5) is 0 Å². The van der Waals surface area contributed by atoms with Crippen LogP contribution in [0.5, 0.6) is 11.5 Å². The predicted molar refractivity (Wildman–Crippen MR) is 179 cm³/mol. The molecule has 0 N–H and O–H groups in total. The number of piperidine rings is 2. The molecule has 0 aromatic heterocycles. The first-order chi connectivity index (χ1) is 22.7. The summed E-state index contributed by atoms with van der Waals surface area (Å²) >= 11 is 0. The van der Waals surface area contributed by atoms with Crippen LogP contribution < -0.4 is 9.47 Å². The fourth-order valence-corrected chi connectivity index (χ4v) is 8.10. The van der Waals surface area contributed by atoms with Gasteiger partial charge >= 0.3 is 11.9 Å². The second-order valence-corrected chi connectivity index (χ2v) is 12.8. The van der Waals surface area contributed by atoms with Gasteiger partial charge in [-0.2, -0.15) is 0 Å². The molecule has 0 bridgehead atoms. The molecule has 232 valence electrons. The maximum absolute atomic E-state index is 13.2. The summed E-state index contributed by atoms with van der Waals surface area (Å²) in [6, 6.07) is 28.8. The van der Waals surface area contributed by atoms with E-state index in [1.54, 1.807) is 0 Å². The number of benzene rings is 4. The van der Waals surface area contributed by atoms with Gasteiger partial charge in [-0.3, -0.25) is 9.80 Å². The van der Waals surface area contributed by atoms with Gasteiger partial charge in [0.2, 0.25) is 0 Å². The summed E-state index contributed by atoms with van der Waals surface area (Å²) in [5.74, 6) is -0.128. The largest absolute Gasteiger partial charge is 0.423 e. The molecule has 2 fully saturated rings. The molecular formula is C40H38N2O4. The van der Waals surface area contributed by atoms with Gasteiger partial charge in [0, 0.05) is 23.3 Å². The molecule has 0 saturated carbocycles. The van der Waals surface area contributed by atoms with Crippen molar-refractivity contribution in [3.8, 4) is 33.8 Å². The topological polar surface area (TPSA) is 59.1 Å². The van der Waals surface area contributed by atoms with E-state index in [2.05, 4.69) is 70.5 Å². The van der Waals surface area contributed by atoms with E-state index < -0.39 is 11.9 Å². The minimum absolute atomic E-state index is 0.0431. The molecule has 0 radical (unpaired) electrons. The van der Waals surface area contributed by atoms with Crippen LogP contribution in [0.1, 0.15) is 72.9 Å². The van der Waals surface area contributed by atoms with Crippen LogP contribution in [0, 0.1) is 0 Å². The van der Waals surface area contributed by atoms with E-state index in [9.17, 15) is 9.59 Å². The average molecular weight is 611 g/mol. The molecule has 2 atom stereocenters. The Morgan fingerprint density at radius 2 is 0.891 bits per heavy atom. The quantitative estimate of drug-likeness (QED) is 0.126. The number of carbonyl (C=O) groups is 2. The maximum Gasteiger partial charge on any atom is 0.336 e. The Kier molecular flexibility index (Phi) is 7.76. The Balaban J connectivity index is 1.03. The zero-order valence-corrected chi connectivity index (χ0v) is 26.0. The minimum atomic E-state index is -0.601. The van der Waals surface area contributed by atoms with Gasteiger partial charge in [0.05, 0.1) is 12.1 Å². The molecule has 2 aliphatic carbocycles. The van der Waals surface area contributed by atoms with Crippen LogP contribution in [0.3, 0.4) is 0 Å². The number of ether oxygens (including phenoxy) is 2. The molecule has 4 aromatic carbocycles. The van der Waals surface area contributed by atoms with Gasteiger partial charge in [-0.25, -0.2) is 9.59 Å². The predicted octanol–water partition coefficient (Wildman–Crippen LogP) is 7.87. The molecule has 6 heteroatoms. The highest BCUT2D eigenvalue weighted by molar-refractivity contribution is 5.94. The standard InChI is InChI=1S/C40H38N2O4/c43-35(45-33-19-11-17-29-27-13-3-5-15-31(27)39(37(29)33)41-23-7-1-8-24-41)21-22-36(44)46-34-20-12-18-30-28-14-4-6-16-32(28)40(38(30)34)42-25-9-2-10-26-42/h3-6,11-22,39-40H,1-2,7-10,23-26H2/b22-21+. The van der Waals surface area contributed by atoms with Gasteiger partial charge in [-0.1, -0.05) is 85.6 Å². The smallest absolute Gasteiger partial charge is 0.336 e. The second-order valence-electron chi connectivity index (χ2n) is 12.8. The third-order valence-electron chi connectivity index (χ3n) is 10.1. The summed E-state index contributed by atoms with van der Waals surface area (Å²) < 4.78 is 11.9. The molecule has 6 nitrogen and oxygen atoms in total. The van der Waals surface area contributed by atoms with E-state index >= 15 is 0 Å². The van der Waals surface area contributed by atoms with Crippen LogP contribution >= 0.6 is 0 Å². The Hall–Kier alpha value is -4.52. The normalized spacial score (nSPS) is 20.5. The first-order valence-corrected chi connectivity index (χ1v) is 16.7. The van der Waals surface area contributed by atoms with Crippen molar-refractivity contribution >= 4 is 11.9 Å². The summed E-state index contributed by atoms with van der Waals surface area (Å²) in [7, 11) is 0. The Bertz CT molecular complexity index is 1700. The zero-order valence-electron chi connectivity index (χ0n) is 26.0. The lowest BCUT2D eigenvalue weighted by Crippen LogP contribution is -2.33. The molecule has 0 spiro atoms. The third kappa shape index (κ3) is 5.16. The number of carbonyl (C=O) groups excluding carboxylic acids is 2. The highest BCUT2D eigenvalue weighted by Gasteiger charge is 2.37. The number of rotatable bonds is 6.